The molecule has 2 aromatic rings. The predicted octanol–water partition coefficient (Wildman–Crippen LogP) is 4.36. The SMILES string of the molecule is CNCC(OCCCc1ccccc1)c1ccccc1Br. The summed E-state index contributed by atoms with van der Waals surface area (Å²) in [5.74, 6) is 0. The van der Waals surface area contributed by atoms with E-state index < -0.39 is 0 Å². The van der Waals surface area contributed by atoms with Crippen molar-refractivity contribution in [1.29, 1.82) is 0 Å². The molecule has 1 N–H and O–H groups in total. The molecule has 112 valence electrons. The molecule has 0 aliphatic rings. The third-order valence-corrected chi connectivity index (χ3v) is 4.14. The first kappa shape index (κ1) is 16.2. The summed E-state index contributed by atoms with van der Waals surface area (Å²) in [6, 6.07) is 18.8. The van der Waals surface area contributed by atoms with Gasteiger partial charge in [-0.2, -0.15) is 0 Å². The number of likely N-dealkylation sites (N-methyl/N-ethyl adjacent to an activating group) is 1. The van der Waals surface area contributed by atoms with Gasteiger partial charge in [-0.15, -0.1) is 0 Å². The first-order chi connectivity index (χ1) is 10.3. The average Bonchev–Trinajstić information content (AvgIpc) is 2.52. The summed E-state index contributed by atoms with van der Waals surface area (Å²) in [5, 5.41) is 3.21. The van der Waals surface area contributed by atoms with Crippen LogP contribution in [0, 0.1) is 0 Å². The molecule has 0 saturated carbocycles. The van der Waals surface area contributed by atoms with Gasteiger partial charge in [0.25, 0.3) is 0 Å². The molecule has 0 spiro atoms. The monoisotopic (exact) mass is 347 g/mol. The molecule has 21 heavy (non-hydrogen) atoms. The van der Waals surface area contributed by atoms with Gasteiger partial charge in [-0.3, -0.25) is 0 Å². The molecule has 0 bridgehead atoms. The highest BCUT2D eigenvalue weighted by atomic mass is 79.9. The van der Waals surface area contributed by atoms with Gasteiger partial charge in [0.05, 0.1) is 6.10 Å². The van der Waals surface area contributed by atoms with Crippen LogP contribution in [0.5, 0.6) is 0 Å². The molecule has 1 atom stereocenters. The van der Waals surface area contributed by atoms with E-state index in [0.717, 1.165) is 30.5 Å². The number of rotatable bonds is 8. The van der Waals surface area contributed by atoms with Crippen LogP contribution in [0.15, 0.2) is 59.1 Å². The zero-order chi connectivity index (χ0) is 14.9. The van der Waals surface area contributed by atoms with Crippen molar-refractivity contribution in [1.82, 2.24) is 5.32 Å². The molecular weight excluding hydrogens is 326 g/mol. The summed E-state index contributed by atoms with van der Waals surface area (Å²) in [6.07, 6.45) is 2.18. The average molecular weight is 348 g/mol. The zero-order valence-corrected chi connectivity index (χ0v) is 14.0. The van der Waals surface area contributed by atoms with Crippen molar-refractivity contribution in [3.05, 3.63) is 70.2 Å². The summed E-state index contributed by atoms with van der Waals surface area (Å²) >= 11 is 3.60. The molecule has 3 heteroatoms. The maximum absolute atomic E-state index is 6.08. The number of ether oxygens (including phenoxy) is 1. The van der Waals surface area contributed by atoms with Gasteiger partial charge in [-0.25, -0.2) is 0 Å². The highest BCUT2D eigenvalue weighted by Gasteiger charge is 2.13. The molecule has 0 saturated heterocycles. The molecule has 2 aromatic carbocycles. The molecule has 0 amide bonds. The van der Waals surface area contributed by atoms with E-state index in [0.29, 0.717) is 0 Å². The fourth-order valence-corrected chi connectivity index (χ4v) is 2.87. The summed E-state index contributed by atoms with van der Waals surface area (Å²) in [6.45, 7) is 1.58. The molecule has 0 fully saturated rings. The normalized spacial score (nSPS) is 12.3. The fraction of sp³-hybridized carbons (Fsp3) is 0.333. The highest BCUT2D eigenvalue weighted by Crippen LogP contribution is 2.25. The van der Waals surface area contributed by atoms with Crippen LogP contribution in [0.3, 0.4) is 0 Å². The van der Waals surface area contributed by atoms with Crippen LogP contribution in [0.1, 0.15) is 23.7 Å². The third-order valence-electron chi connectivity index (χ3n) is 3.41. The molecule has 2 nitrogen and oxygen atoms in total. The van der Waals surface area contributed by atoms with Gasteiger partial charge in [-0.1, -0.05) is 64.5 Å². The largest absolute Gasteiger partial charge is 0.372 e. The minimum absolute atomic E-state index is 0.0846. The summed E-state index contributed by atoms with van der Waals surface area (Å²) in [7, 11) is 1.96. The van der Waals surface area contributed by atoms with E-state index in [9.17, 15) is 0 Å². The Bertz CT molecular complexity index is 530. The van der Waals surface area contributed by atoms with Crippen molar-refractivity contribution in [3.63, 3.8) is 0 Å². The van der Waals surface area contributed by atoms with Gasteiger partial charge in [0, 0.05) is 17.6 Å². The van der Waals surface area contributed by atoms with Crippen LogP contribution in [0.4, 0.5) is 0 Å². The lowest BCUT2D eigenvalue weighted by molar-refractivity contribution is 0.0519. The van der Waals surface area contributed by atoms with E-state index in [1.54, 1.807) is 0 Å². The second kappa shape index (κ2) is 8.98. The zero-order valence-electron chi connectivity index (χ0n) is 12.4. The van der Waals surface area contributed by atoms with Crippen LogP contribution < -0.4 is 5.32 Å². The number of hydrogen-bond acceptors (Lipinski definition) is 2. The number of benzene rings is 2. The van der Waals surface area contributed by atoms with Crippen molar-refractivity contribution in [3.8, 4) is 0 Å². The Morgan fingerprint density at radius 1 is 1.05 bits per heavy atom. The smallest absolute Gasteiger partial charge is 0.0959 e. The van der Waals surface area contributed by atoms with Crippen LogP contribution in [0.25, 0.3) is 0 Å². The first-order valence-electron chi connectivity index (χ1n) is 7.36. The second-order valence-corrected chi connectivity index (χ2v) is 5.88. The molecule has 2 rings (SSSR count). The van der Waals surface area contributed by atoms with Crippen LogP contribution in [0.2, 0.25) is 0 Å². The Balaban J connectivity index is 1.85. The molecule has 0 aromatic heterocycles. The maximum Gasteiger partial charge on any atom is 0.0959 e. The van der Waals surface area contributed by atoms with Crippen molar-refractivity contribution in [2.45, 2.75) is 18.9 Å². The lowest BCUT2D eigenvalue weighted by atomic mass is 10.1. The van der Waals surface area contributed by atoms with Crippen molar-refractivity contribution >= 4 is 15.9 Å². The Kier molecular flexibility index (Phi) is 6.93. The van der Waals surface area contributed by atoms with E-state index in [1.165, 1.54) is 11.1 Å². The lowest BCUT2D eigenvalue weighted by Crippen LogP contribution is -2.20. The van der Waals surface area contributed by atoms with E-state index >= 15 is 0 Å². The van der Waals surface area contributed by atoms with Gasteiger partial charge in [-0.05, 0) is 37.1 Å². The molecule has 0 aliphatic heterocycles. The van der Waals surface area contributed by atoms with Crippen LogP contribution in [-0.2, 0) is 11.2 Å². The Morgan fingerprint density at radius 3 is 2.48 bits per heavy atom. The number of nitrogens with one attached hydrogen (secondary N) is 1. The highest BCUT2D eigenvalue weighted by molar-refractivity contribution is 9.10. The maximum atomic E-state index is 6.08. The number of aryl methyl sites for hydroxylation is 1. The molecule has 0 heterocycles. The minimum Gasteiger partial charge on any atom is -0.372 e. The van der Waals surface area contributed by atoms with E-state index in [-0.39, 0.29) is 6.10 Å². The second-order valence-electron chi connectivity index (χ2n) is 5.03. The standard InChI is InChI=1S/C18H22BrNO/c1-20-14-18(16-11-5-6-12-17(16)19)21-13-7-10-15-8-3-2-4-9-15/h2-6,8-9,11-12,18,20H,7,10,13-14H2,1H3. The fourth-order valence-electron chi connectivity index (χ4n) is 2.33. The topological polar surface area (TPSA) is 21.3 Å². The molecular formula is C18H22BrNO. The van der Waals surface area contributed by atoms with Gasteiger partial charge < -0.3 is 10.1 Å². The van der Waals surface area contributed by atoms with Crippen molar-refractivity contribution in [2.75, 3.05) is 20.2 Å². The van der Waals surface area contributed by atoms with Crippen molar-refractivity contribution < 1.29 is 4.74 Å². The lowest BCUT2D eigenvalue weighted by Gasteiger charge is -2.19. The Hall–Kier alpha value is -1.16. The Morgan fingerprint density at radius 2 is 1.76 bits per heavy atom. The van der Waals surface area contributed by atoms with Crippen LogP contribution >= 0.6 is 15.9 Å². The molecule has 1 unspecified atom stereocenters. The summed E-state index contributed by atoms with van der Waals surface area (Å²) < 4.78 is 7.18. The van der Waals surface area contributed by atoms with E-state index in [2.05, 4.69) is 69.8 Å². The van der Waals surface area contributed by atoms with Gasteiger partial charge in [0.15, 0.2) is 0 Å². The minimum atomic E-state index is 0.0846. The molecule has 0 radical (unpaired) electrons. The third kappa shape index (κ3) is 5.27. The van der Waals surface area contributed by atoms with Crippen LogP contribution in [-0.4, -0.2) is 20.2 Å². The Labute approximate surface area is 135 Å². The van der Waals surface area contributed by atoms with E-state index in [4.69, 9.17) is 4.74 Å². The quantitative estimate of drug-likeness (QED) is 0.716. The first-order valence-corrected chi connectivity index (χ1v) is 8.15. The predicted molar refractivity (Wildman–Crippen MR) is 91.5 cm³/mol. The number of halogens is 1. The van der Waals surface area contributed by atoms with Gasteiger partial charge in [0.2, 0.25) is 0 Å². The summed E-state index contributed by atoms with van der Waals surface area (Å²) in [4.78, 5) is 0. The molecule has 0 aliphatic carbocycles. The van der Waals surface area contributed by atoms with Gasteiger partial charge >= 0.3 is 0 Å². The summed E-state index contributed by atoms with van der Waals surface area (Å²) in [5.41, 5.74) is 2.57. The number of hydrogen-bond donors (Lipinski definition) is 1. The van der Waals surface area contributed by atoms with E-state index in [1.807, 2.05) is 13.1 Å². The van der Waals surface area contributed by atoms with Gasteiger partial charge in [0.1, 0.15) is 0 Å². The van der Waals surface area contributed by atoms with Crippen molar-refractivity contribution in [2.24, 2.45) is 0 Å².